The van der Waals surface area contributed by atoms with E-state index < -0.39 is 6.10 Å². The van der Waals surface area contributed by atoms with Crippen LogP contribution in [0.2, 0.25) is 0 Å². The van der Waals surface area contributed by atoms with Gasteiger partial charge < -0.3 is 23.9 Å². The van der Waals surface area contributed by atoms with Crippen LogP contribution >= 0.6 is 0 Å². The number of rotatable bonds is 4. The van der Waals surface area contributed by atoms with Gasteiger partial charge in [-0.05, 0) is 18.2 Å². The summed E-state index contributed by atoms with van der Waals surface area (Å²) in [7, 11) is 3.20. The lowest BCUT2D eigenvalue weighted by Crippen LogP contribution is -2.45. The van der Waals surface area contributed by atoms with Crippen molar-refractivity contribution in [2.75, 3.05) is 40.5 Å². The summed E-state index contributed by atoms with van der Waals surface area (Å²) in [6.07, 6.45) is -0.168. The second-order valence-electron chi connectivity index (χ2n) is 5.34. The Labute approximate surface area is 134 Å². The lowest BCUT2D eigenvalue weighted by Gasteiger charge is -2.28. The number of hydrogen-bond acceptors (Lipinski definition) is 6. The maximum Gasteiger partial charge on any atom is 0.267 e. The molecule has 0 aromatic heterocycles. The smallest absolute Gasteiger partial charge is 0.267 e. The number of morpholine rings is 1. The topological polar surface area (TPSA) is 69.6 Å². The molecule has 0 bridgehead atoms. The van der Waals surface area contributed by atoms with Crippen LogP contribution in [0.3, 0.4) is 0 Å². The molecule has 124 valence electrons. The van der Waals surface area contributed by atoms with Gasteiger partial charge in [0.1, 0.15) is 11.5 Å². The molecule has 0 N–H and O–H groups in total. The summed E-state index contributed by atoms with van der Waals surface area (Å²) in [6.45, 7) is 2.32. The Morgan fingerprint density at radius 1 is 1.26 bits per heavy atom. The van der Waals surface area contributed by atoms with Crippen molar-refractivity contribution in [2.24, 2.45) is 5.16 Å². The summed E-state index contributed by atoms with van der Waals surface area (Å²) in [6, 6.07) is 5.46. The molecule has 3 rings (SSSR count). The molecule has 2 aliphatic rings. The summed E-state index contributed by atoms with van der Waals surface area (Å²) in [5, 5.41) is 4.09. The molecule has 23 heavy (non-hydrogen) atoms. The van der Waals surface area contributed by atoms with Gasteiger partial charge >= 0.3 is 0 Å². The second kappa shape index (κ2) is 6.87. The molecular formula is C16H20N2O5. The second-order valence-corrected chi connectivity index (χ2v) is 5.34. The monoisotopic (exact) mass is 320 g/mol. The van der Waals surface area contributed by atoms with Gasteiger partial charge in [0, 0.05) is 25.1 Å². The zero-order valence-electron chi connectivity index (χ0n) is 13.3. The molecule has 1 amide bonds. The van der Waals surface area contributed by atoms with Gasteiger partial charge in [0.05, 0.1) is 33.1 Å². The van der Waals surface area contributed by atoms with Crippen LogP contribution < -0.4 is 9.47 Å². The first-order chi connectivity index (χ1) is 11.2. The quantitative estimate of drug-likeness (QED) is 0.829. The Balaban J connectivity index is 1.73. The van der Waals surface area contributed by atoms with Gasteiger partial charge in [0.25, 0.3) is 5.91 Å². The minimum atomic E-state index is -0.584. The van der Waals surface area contributed by atoms with Crippen molar-refractivity contribution in [3.8, 4) is 11.5 Å². The Bertz CT molecular complexity index is 610. The van der Waals surface area contributed by atoms with Crippen molar-refractivity contribution in [3.63, 3.8) is 0 Å². The summed E-state index contributed by atoms with van der Waals surface area (Å²) in [5.74, 6) is 1.33. The molecule has 1 unspecified atom stereocenters. The van der Waals surface area contributed by atoms with Crippen molar-refractivity contribution in [2.45, 2.75) is 12.5 Å². The minimum Gasteiger partial charge on any atom is -0.497 e. The van der Waals surface area contributed by atoms with Gasteiger partial charge in [-0.1, -0.05) is 5.16 Å². The highest BCUT2D eigenvalue weighted by Gasteiger charge is 2.34. The van der Waals surface area contributed by atoms with E-state index in [1.807, 2.05) is 18.2 Å². The van der Waals surface area contributed by atoms with Gasteiger partial charge in [-0.25, -0.2) is 0 Å². The molecule has 1 aromatic rings. The first-order valence-electron chi connectivity index (χ1n) is 7.54. The zero-order chi connectivity index (χ0) is 16.2. The summed E-state index contributed by atoms with van der Waals surface area (Å²) < 4.78 is 15.9. The fourth-order valence-electron chi connectivity index (χ4n) is 2.70. The molecule has 0 radical (unpaired) electrons. The highest BCUT2D eigenvalue weighted by Crippen LogP contribution is 2.29. The average molecular weight is 320 g/mol. The Kier molecular flexibility index (Phi) is 4.66. The maximum atomic E-state index is 12.5. The van der Waals surface area contributed by atoms with E-state index in [2.05, 4.69) is 5.16 Å². The number of oxime groups is 1. The number of benzene rings is 1. The lowest BCUT2D eigenvalue weighted by atomic mass is 10.0. The van der Waals surface area contributed by atoms with E-state index >= 15 is 0 Å². The summed E-state index contributed by atoms with van der Waals surface area (Å²) >= 11 is 0. The molecule has 7 heteroatoms. The SMILES string of the molecule is COc1ccc(OC)c(C2=NOC(C(=O)N3CCOCC3)C2)c1. The van der Waals surface area contributed by atoms with Crippen molar-refractivity contribution >= 4 is 11.6 Å². The van der Waals surface area contributed by atoms with Gasteiger partial charge in [0.15, 0.2) is 0 Å². The molecule has 2 heterocycles. The third-order valence-corrected chi connectivity index (χ3v) is 3.98. The van der Waals surface area contributed by atoms with Crippen LogP contribution in [-0.4, -0.2) is 63.1 Å². The molecular weight excluding hydrogens is 300 g/mol. The van der Waals surface area contributed by atoms with Crippen LogP contribution in [0.5, 0.6) is 11.5 Å². The Hall–Kier alpha value is -2.28. The van der Waals surface area contributed by atoms with Crippen molar-refractivity contribution in [1.82, 2.24) is 4.90 Å². The number of amides is 1. The zero-order valence-corrected chi connectivity index (χ0v) is 13.3. The summed E-state index contributed by atoms with van der Waals surface area (Å²) in [5.41, 5.74) is 1.47. The van der Waals surface area contributed by atoms with E-state index in [4.69, 9.17) is 19.0 Å². The van der Waals surface area contributed by atoms with Crippen LogP contribution in [0.25, 0.3) is 0 Å². The molecule has 1 saturated heterocycles. The minimum absolute atomic E-state index is 0.0473. The van der Waals surface area contributed by atoms with Crippen molar-refractivity contribution in [1.29, 1.82) is 0 Å². The standard InChI is InChI=1S/C16H20N2O5/c1-20-11-3-4-14(21-2)12(9-11)13-10-15(23-17-13)16(19)18-5-7-22-8-6-18/h3-4,9,15H,5-8,10H2,1-2H3. The van der Waals surface area contributed by atoms with Crippen molar-refractivity contribution in [3.05, 3.63) is 23.8 Å². The highest BCUT2D eigenvalue weighted by atomic mass is 16.6. The van der Waals surface area contributed by atoms with Gasteiger partial charge in [0.2, 0.25) is 6.10 Å². The normalized spacial score (nSPS) is 20.7. The van der Waals surface area contributed by atoms with E-state index in [-0.39, 0.29) is 5.91 Å². The number of nitrogens with zero attached hydrogens (tertiary/aromatic N) is 2. The van der Waals surface area contributed by atoms with Gasteiger partial charge in [-0.3, -0.25) is 4.79 Å². The van der Waals surface area contributed by atoms with Gasteiger partial charge in [-0.2, -0.15) is 0 Å². The van der Waals surface area contributed by atoms with Crippen LogP contribution in [0.15, 0.2) is 23.4 Å². The van der Waals surface area contributed by atoms with E-state index in [0.717, 1.165) is 5.56 Å². The molecule has 1 aromatic carbocycles. The molecule has 2 aliphatic heterocycles. The number of ether oxygens (including phenoxy) is 3. The van der Waals surface area contributed by atoms with Crippen LogP contribution in [0.1, 0.15) is 12.0 Å². The van der Waals surface area contributed by atoms with E-state index in [1.54, 1.807) is 19.1 Å². The Morgan fingerprint density at radius 2 is 2.04 bits per heavy atom. The van der Waals surface area contributed by atoms with Crippen LogP contribution in [0.4, 0.5) is 0 Å². The van der Waals surface area contributed by atoms with E-state index in [1.165, 1.54) is 0 Å². The highest BCUT2D eigenvalue weighted by molar-refractivity contribution is 6.06. The number of hydrogen-bond donors (Lipinski definition) is 0. The molecule has 1 atom stereocenters. The molecule has 0 aliphatic carbocycles. The predicted octanol–water partition coefficient (Wildman–Crippen LogP) is 1.06. The van der Waals surface area contributed by atoms with Gasteiger partial charge in [-0.15, -0.1) is 0 Å². The maximum absolute atomic E-state index is 12.5. The third-order valence-electron chi connectivity index (χ3n) is 3.98. The van der Waals surface area contributed by atoms with Crippen LogP contribution in [-0.2, 0) is 14.4 Å². The van der Waals surface area contributed by atoms with Crippen LogP contribution in [0, 0.1) is 0 Å². The molecule has 0 spiro atoms. The predicted molar refractivity (Wildman–Crippen MR) is 83.0 cm³/mol. The van der Waals surface area contributed by atoms with E-state index in [9.17, 15) is 4.79 Å². The van der Waals surface area contributed by atoms with E-state index in [0.29, 0.717) is 49.9 Å². The largest absolute Gasteiger partial charge is 0.497 e. The van der Waals surface area contributed by atoms with Crippen molar-refractivity contribution < 1.29 is 23.8 Å². The average Bonchev–Trinajstić information content (AvgIpc) is 3.11. The molecule has 1 fully saturated rings. The first kappa shape index (κ1) is 15.6. The summed E-state index contributed by atoms with van der Waals surface area (Å²) in [4.78, 5) is 19.6. The lowest BCUT2D eigenvalue weighted by molar-refractivity contribution is -0.146. The first-order valence-corrected chi connectivity index (χ1v) is 7.54. The molecule has 7 nitrogen and oxygen atoms in total. The fourth-order valence-corrected chi connectivity index (χ4v) is 2.70. The third kappa shape index (κ3) is 3.24. The number of carbonyl (C=O) groups is 1. The Morgan fingerprint density at radius 3 is 2.74 bits per heavy atom. The fraction of sp³-hybridized carbons (Fsp3) is 0.500. The number of carbonyl (C=O) groups excluding carboxylic acids is 1. The number of methoxy groups -OCH3 is 2. The molecule has 0 saturated carbocycles.